The molecule has 1 aromatic rings. The van der Waals surface area contributed by atoms with E-state index in [0.717, 1.165) is 11.8 Å². The number of hydrogen-bond acceptors (Lipinski definition) is 4. The maximum Gasteiger partial charge on any atom is 0.220 e. The van der Waals surface area contributed by atoms with Crippen LogP contribution in [0.2, 0.25) is 0 Å². The summed E-state index contributed by atoms with van der Waals surface area (Å²) in [6, 6.07) is 1.92. The second-order valence-electron chi connectivity index (χ2n) is 3.48. The number of thiocarbonyl (C=S) groups is 1. The summed E-state index contributed by atoms with van der Waals surface area (Å²) in [6.45, 7) is 3.67. The highest BCUT2D eigenvalue weighted by Crippen LogP contribution is 2.17. The number of aryl methyl sites for hydroxylation is 1. The Kier molecular flexibility index (Phi) is 5.68. The van der Waals surface area contributed by atoms with Gasteiger partial charge in [-0.2, -0.15) is 0 Å². The maximum atomic E-state index is 13.4. The van der Waals surface area contributed by atoms with E-state index in [9.17, 15) is 13.6 Å². The Morgan fingerprint density at radius 3 is 2.67 bits per heavy atom. The molecule has 0 unspecified atom stereocenters. The van der Waals surface area contributed by atoms with Gasteiger partial charge in [0.05, 0.1) is 17.9 Å². The molecule has 0 N–H and O–H groups in total. The molecule has 0 fully saturated rings. The van der Waals surface area contributed by atoms with Gasteiger partial charge in [0.25, 0.3) is 0 Å². The first kappa shape index (κ1) is 15.0. The molecule has 0 spiro atoms. The van der Waals surface area contributed by atoms with Gasteiger partial charge in [0, 0.05) is 6.07 Å². The maximum absolute atomic E-state index is 13.4. The van der Waals surface area contributed by atoms with E-state index in [-0.39, 0.29) is 21.3 Å². The number of Topliss-reactive ketones (excluding diaryl/α,β-unsaturated/α-hetero) is 1. The van der Waals surface area contributed by atoms with E-state index in [1.807, 2.05) is 0 Å². The van der Waals surface area contributed by atoms with E-state index in [0.29, 0.717) is 12.7 Å². The molecule has 0 aliphatic carbocycles. The first-order chi connectivity index (χ1) is 8.45. The van der Waals surface area contributed by atoms with Gasteiger partial charge in [-0.1, -0.05) is 11.8 Å². The van der Waals surface area contributed by atoms with Crippen molar-refractivity contribution in [2.75, 3.05) is 12.4 Å². The summed E-state index contributed by atoms with van der Waals surface area (Å²) in [4.78, 5) is 11.7. The van der Waals surface area contributed by atoms with Gasteiger partial charge in [-0.3, -0.25) is 4.79 Å². The highest BCUT2D eigenvalue weighted by Gasteiger charge is 2.15. The topological polar surface area (TPSA) is 26.3 Å². The Morgan fingerprint density at radius 2 is 2.06 bits per heavy atom. The highest BCUT2D eigenvalue weighted by molar-refractivity contribution is 8.23. The smallest absolute Gasteiger partial charge is 0.220 e. The van der Waals surface area contributed by atoms with Crippen LogP contribution in [0.3, 0.4) is 0 Å². The van der Waals surface area contributed by atoms with Crippen LogP contribution >= 0.6 is 24.0 Å². The molecule has 0 bridgehead atoms. The number of carbonyl (C=O) groups is 1. The normalized spacial score (nSPS) is 10.2. The second kappa shape index (κ2) is 6.80. The van der Waals surface area contributed by atoms with Crippen LogP contribution in [0.5, 0.6) is 0 Å². The van der Waals surface area contributed by atoms with Crippen molar-refractivity contribution in [3.05, 3.63) is 34.9 Å². The van der Waals surface area contributed by atoms with Crippen molar-refractivity contribution < 1.29 is 18.3 Å². The van der Waals surface area contributed by atoms with Gasteiger partial charge in [0.15, 0.2) is 5.78 Å². The zero-order valence-electron chi connectivity index (χ0n) is 9.96. The minimum absolute atomic E-state index is 0.0270. The number of benzene rings is 1. The van der Waals surface area contributed by atoms with Crippen LogP contribution in [-0.4, -0.2) is 22.5 Å². The molecular weight excluding hydrogens is 278 g/mol. The van der Waals surface area contributed by atoms with Gasteiger partial charge in [0.1, 0.15) is 11.6 Å². The molecule has 0 saturated carbocycles. The van der Waals surface area contributed by atoms with Gasteiger partial charge in [-0.25, -0.2) is 8.78 Å². The fraction of sp³-hybridized carbons (Fsp3) is 0.333. The molecule has 0 heterocycles. The minimum atomic E-state index is -0.856. The Bertz CT molecular complexity index is 475. The molecule has 18 heavy (non-hydrogen) atoms. The molecule has 0 radical (unpaired) electrons. The lowest BCUT2D eigenvalue weighted by atomic mass is 10.1. The quantitative estimate of drug-likeness (QED) is 0.626. The molecule has 1 aromatic carbocycles. The summed E-state index contributed by atoms with van der Waals surface area (Å²) < 4.78 is 31.7. The number of carbonyl (C=O) groups excluding carboxylic acids is 1. The summed E-state index contributed by atoms with van der Waals surface area (Å²) in [5.74, 6) is -1.99. The van der Waals surface area contributed by atoms with Crippen LogP contribution in [0.4, 0.5) is 8.78 Å². The molecule has 0 atom stereocenters. The Balaban J connectivity index is 2.73. The van der Waals surface area contributed by atoms with E-state index < -0.39 is 17.4 Å². The molecule has 1 rings (SSSR count). The van der Waals surface area contributed by atoms with E-state index in [2.05, 4.69) is 0 Å². The third kappa shape index (κ3) is 4.03. The number of halogens is 2. The largest absolute Gasteiger partial charge is 0.479 e. The molecule has 0 aliphatic heterocycles. The van der Waals surface area contributed by atoms with Crippen molar-refractivity contribution >= 4 is 34.1 Å². The lowest BCUT2D eigenvalue weighted by Gasteiger charge is -2.06. The van der Waals surface area contributed by atoms with Crippen LogP contribution < -0.4 is 0 Å². The van der Waals surface area contributed by atoms with E-state index >= 15 is 0 Å². The van der Waals surface area contributed by atoms with Crippen molar-refractivity contribution in [3.8, 4) is 0 Å². The first-order valence-electron chi connectivity index (χ1n) is 5.24. The van der Waals surface area contributed by atoms with Crippen molar-refractivity contribution in [1.29, 1.82) is 0 Å². The predicted octanol–water partition coefficient (Wildman–Crippen LogP) is 3.51. The minimum Gasteiger partial charge on any atom is -0.479 e. The van der Waals surface area contributed by atoms with Crippen molar-refractivity contribution in [2.45, 2.75) is 13.8 Å². The highest BCUT2D eigenvalue weighted by atomic mass is 32.2. The Morgan fingerprint density at radius 1 is 1.39 bits per heavy atom. The Labute approximate surface area is 114 Å². The fourth-order valence-electron chi connectivity index (χ4n) is 1.23. The van der Waals surface area contributed by atoms with Gasteiger partial charge in [-0.15, -0.1) is 0 Å². The Hall–Kier alpha value is -1.01. The molecule has 6 heteroatoms. The van der Waals surface area contributed by atoms with Gasteiger partial charge < -0.3 is 4.74 Å². The molecule has 2 nitrogen and oxygen atoms in total. The number of hydrogen-bond donors (Lipinski definition) is 0. The van der Waals surface area contributed by atoms with Crippen LogP contribution in [0.1, 0.15) is 22.8 Å². The van der Waals surface area contributed by atoms with Crippen molar-refractivity contribution in [3.63, 3.8) is 0 Å². The van der Waals surface area contributed by atoms with Crippen LogP contribution in [-0.2, 0) is 4.74 Å². The first-order valence-corrected chi connectivity index (χ1v) is 6.63. The van der Waals surface area contributed by atoms with E-state index in [1.165, 1.54) is 13.0 Å². The number of ether oxygens (including phenoxy) is 1. The van der Waals surface area contributed by atoms with Gasteiger partial charge >= 0.3 is 0 Å². The molecule has 0 amide bonds. The summed E-state index contributed by atoms with van der Waals surface area (Å²) in [7, 11) is 0. The van der Waals surface area contributed by atoms with Crippen LogP contribution in [0.15, 0.2) is 12.1 Å². The van der Waals surface area contributed by atoms with Gasteiger partial charge in [0.2, 0.25) is 4.38 Å². The fourth-order valence-corrected chi connectivity index (χ4v) is 2.13. The number of ketones is 1. The van der Waals surface area contributed by atoms with Crippen LogP contribution in [0, 0.1) is 18.6 Å². The standard InChI is InChI=1S/C12H12F2O2S2/c1-3-16-12(17)18-6-11(15)8-4-7(2)9(13)5-10(8)14/h4-5H,3,6H2,1-2H3. The lowest BCUT2D eigenvalue weighted by molar-refractivity contribution is 0.101. The zero-order chi connectivity index (χ0) is 13.7. The molecule has 98 valence electrons. The van der Waals surface area contributed by atoms with E-state index in [4.69, 9.17) is 17.0 Å². The molecule has 0 saturated heterocycles. The summed E-state index contributed by atoms with van der Waals surface area (Å²) in [5.41, 5.74) is 0.109. The van der Waals surface area contributed by atoms with Crippen LogP contribution in [0.25, 0.3) is 0 Å². The zero-order valence-corrected chi connectivity index (χ0v) is 11.6. The summed E-state index contributed by atoms with van der Waals surface area (Å²) in [6.07, 6.45) is 0. The third-order valence-corrected chi connectivity index (χ3v) is 3.36. The summed E-state index contributed by atoms with van der Waals surface area (Å²) >= 11 is 5.86. The molecule has 0 aliphatic rings. The van der Waals surface area contributed by atoms with Gasteiger partial charge in [-0.05, 0) is 37.7 Å². The van der Waals surface area contributed by atoms with E-state index in [1.54, 1.807) is 6.92 Å². The second-order valence-corrected chi connectivity index (χ2v) is 5.05. The van der Waals surface area contributed by atoms with Crippen molar-refractivity contribution in [1.82, 2.24) is 0 Å². The average molecular weight is 290 g/mol. The summed E-state index contributed by atoms with van der Waals surface area (Å²) in [5, 5.41) is 0. The average Bonchev–Trinajstić information content (AvgIpc) is 2.31. The molecule has 0 aromatic heterocycles. The predicted molar refractivity (Wildman–Crippen MR) is 72.1 cm³/mol. The van der Waals surface area contributed by atoms with Crippen molar-refractivity contribution in [2.24, 2.45) is 0 Å². The number of rotatable bonds is 4. The molecular formula is C12H12F2O2S2. The SMILES string of the molecule is CCOC(=S)SCC(=O)c1cc(C)c(F)cc1F. The lowest BCUT2D eigenvalue weighted by Crippen LogP contribution is -2.09. The monoisotopic (exact) mass is 290 g/mol. The number of thioether (sulfide) groups is 1. The third-order valence-electron chi connectivity index (χ3n) is 2.13.